The molecule has 2 aromatic carbocycles. The molecule has 0 aliphatic carbocycles. The van der Waals surface area contributed by atoms with Crippen LogP contribution in [0, 0.1) is 0 Å². The first-order chi connectivity index (χ1) is 26.6. The highest BCUT2D eigenvalue weighted by atomic mass is 28.4. The number of amides is 2. The van der Waals surface area contributed by atoms with E-state index in [1.54, 1.807) is 6.07 Å². The number of piperazine rings is 1. The largest absolute Gasteiger partial charge is 0.478 e. The van der Waals surface area contributed by atoms with Gasteiger partial charge in [0.15, 0.2) is 8.32 Å². The number of aromatic carboxylic acids is 1. The molecule has 1 aromatic heterocycles. The maximum Gasteiger partial charge on any atom is 0.335 e. The second-order valence-corrected chi connectivity index (χ2v) is 22.1. The highest BCUT2D eigenvalue weighted by Crippen LogP contribution is 2.38. The van der Waals surface area contributed by atoms with E-state index in [1.165, 1.54) is 17.7 Å². The van der Waals surface area contributed by atoms with Crippen LogP contribution in [0.15, 0.2) is 48.7 Å². The van der Waals surface area contributed by atoms with E-state index in [-0.39, 0.29) is 34.0 Å². The molecule has 306 valence electrons. The summed E-state index contributed by atoms with van der Waals surface area (Å²) in [6.45, 7) is 23.0. The number of hydrogen-bond acceptors (Lipinski definition) is 7. The van der Waals surface area contributed by atoms with E-state index in [1.807, 2.05) is 32.7 Å². The number of imidazole rings is 1. The molecule has 5 rings (SSSR count). The van der Waals surface area contributed by atoms with Crippen molar-refractivity contribution >= 4 is 26.1 Å². The minimum absolute atomic E-state index is 0.00335. The summed E-state index contributed by atoms with van der Waals surface area (Å²) in [5, 5.41) is 10.2. The van der Waals surface area contributed by atoms with E-state index < -0.39 is 14.3 Å². The van der Waals surface area contributed by atoms with Gasteiger partial charge in [-0.3, -0.25) is 9.59 Å². The Kier molecular flexibility index (Phi) is 14.7. The van der Waals surface area contributed by atoms with Crippen molar-refractivity contribution in [3.8, 4) is 11.4 Å². The van der Waals surface area contributed by atoms with Gasteiger partial charge < -0.3 is 33.7 Å². The van der Waals surface area contributed by atoms with Crippen molar-refractivity contribution in [3.63, 3.8) is 0 Å². The first kappa shape index (κ1) is 43.3. The molecule has 12 heteroatoms. The minimum atomic E-state index is -2.15. The quantitative estimate of drug-likeness (QED) is 0.140. The monoisotopic (exact) mass is 786 g/mol. The van der Waals surface area contributed by atoms with Crippen molar-refractivity contribution in [1.29, 1.82) is 0 Å². The van der Waals surface area contributed by atoms with Crippen LogP contribution in [0.5, 0.6) is 0 Å². The molecule has 56 heavy (non-hydrogen) atoms. The number of aromatic nitrogens is 2. The van der Waals surface area contributed by atoms with Crippen LogP contribution < -0.4 is 0 Å². The number of carbonyl (C=O) groups is 3. The lowest BCUT2D eigenvalue weighted by molar-refractivity contribution is 0.0555. The van der Waals surface area contributed by atoms with Crippen LogP contribution in [0.25, 0.3) is 11.4 Å². The molecule has 0 spiro atoms. The van der Waals surface area contributed by atoms with E-state index in [9.17, 15) is 14.7 Å². The van der Waals surface area contributed by atoms with Crippen LogP contribution in [-0.4, -0.2) is 126 Å². The summed E-state index contributed by atoms with van der Waals surface area (Å²) in [4.78, 5) is 55.3. The highest BCUT2D eigenvalue weighted by Gasteiger charge is 2.40. The van der Waals surface area contributed by atoms with Crippen LogP contribution in [0.1, 0.15) is 109 Å². The van der Waals surface area contributed by atoms with E-state index in [0.29, 0.717) is 56.3 Å². The number of nitrogens with zero attached hydrogens (tertiary/aromatic N) is 6. The first-order valence-corrected chi connectivity index (χ1v) is 23.7. The SMILES string of the molecule is CCCCN(CCCC)C(=O)c1cn(CCCN2CCN(C)CC2)c(-c2ccc(C(=O)O)cc2C(=O)N2Cc3ccccc3CC2CO[Si](C)(C)C(C)(C)C)n1. The first-order valence-electron chi connectivity index (χ1n) is 20.8. The van der Waals surface area contributed by atoms with E-state index in [4.69, 9.17) is 9.41 Å². The van der Waals surface area contributed by atoms with Crippen molar-refractivity contribution in [2.45, 2.75) is 110 Å². The van der Waals surface area contributed by atoms with Gasteiger partial charge in [0.25, 0.3) is 11.8 Å². The summed E-state index contributed by atoms with van der Waals surface area (Å²) >= 11 is 0. The second-order valence-electron chi connectivity index (χ2n) is 17.3. The van der Waals surface area contributed by atoms with Gasteiger partial charge in [-0.05, 0) is 86.7 Å². The summed E-state index contributed by atoms with van der Waals surface area (Å²) in [5.74, 6) is -0.990. The number of unbranched alkanes of at least 4 members (excludes halogenated alkanes) is 2. The molecule has 11 nitrogen and oxygen atoms in total. The molecular weight excluding hydrogens is 721 g/mol. The number of carboxylic acid groups (broad SMARTS) is 1. The molecule has 1 atom stereocenters. The van der Waals surface area contributed by atoms with Gasteiger partial charge in [0.05, 0.1) is 23.8 Å². The summed E-state index contributed by atoms with van der Waals surface area (Å²) in [7, 11) is -0.00201. The molecular formula is C44H66N6O5Si. The van der Waals surface area contributed by atoms with Crippen LogP contribution in [0.4, 0.5) is 0 Å². The topological polar surface area (TPSA) is 111 Å². The number of carbonyl (C=O) groups excluding carboxylic acids is 2. The Balaban J connectivity index is 1.56. The number of rotatable bonds is 17. The fourth-order valence-electron chi connectivity index (χ4n) is 7.31. The summed E-state index contributed by atoms with van der Waals surface area (Å²) < 4.78 is 8.77. The molecule has 2 aliphatic rings. The molecule has 1 fully saturated rings. The van der Waals surface area contributed by atoms with Crippen molar-refractivity contribution in [3.05, 3.63) is 76.6 Å². The third kappa shape index (κ3) is 10.6. The van der Waals surface area contributed by atoms with Gasteiger partial charge in [0.1, 0.15) is 11.5 Å². The van der Waals surface area contributed by atoms with Gasteiger partial charge >= 0.3 is 5.97 Å². The zero-order valence-corrected chi connectivity index (χ0v) is 36.3. The molecule has 1 N–H and O–H groups in total. The molecule has 2 aliphatic heterocycles. The number of hydrogen-bond donors (Lipinski definition) is 1. The van der Waals surface area contributed by atoms with Crippen LogP contribution in [-0.2, 0) is 23.9 Å². The zero-order chi connectivity index (χ0) is 40.6. The van der Waals surface area contributed by atoms with E-state index >= 15 is 4.79 Å². The van der Waals surface area contributed by atoms with Crippen LogP contribution >= 0.6 is 0 Å². The lowest BCUT2D eigenvalue weighted by Crippen LogP contribution is -2.50. The van der Waals surface area contributed by atoms with Crippen molar-refractivity contribution in [2.24, 2.45) is 0 Å². The Morgan fingerprint density at radius 2 is 1.59 bits per heavy atom. The van der Waals surface area contributed by atoms with Gasteiger partial charge in [-0.1, -0.05) is 71.7 Å². The lowest BCUT2D eigenvalue weighted by atomic mass is 9.92. The molecule has 0 bridgehead atoms. The van der Waals surface area contributed by atoms with Gasteiger partial charge in [-0.25, -0.2) is 9.78 Å². The maximum absolute atomic E-state index is 15.1. The molecule has 3 heterocycles. The Hall–Kier alpha value is -3.84. The molecule has 0 saturated carbocycles. The predicted molar refractivity (Wildman–Crippen MR) is 226 cm³/mol. The number of likely N-dealkylation sites (N-methyl/N-ethyl adjacent to an activating group) is 1. The van der Waals surface area contributed by atoms with Gasteiger partial charge in [0.2, 0.25) is 0 Å². The van der Waals surface area contributed by atoms with Crippen molar-refractivity contribution in [1.82, 2.24) is 29.2 Å². The molecule has 1 unspecified atom stereocenters. The number of fused-ring (bicyclic) bond motifs is 1. The number of benzene rings is 2. The lowest BCUT2D eigenvalue weighted by Gasteiger charge is -2.41. The maximum atomic E-state index is 15.1. The second kappa shape index (κ2) is 19.1. The Morgan fingerprint density at radius 3 is 2.21 bits per heavy atom. The highest BCUT2D eigenvalue weighted by molar-refractivity contribution is 6.74. The smallest absolute Gasteiger partial charge is 0.335 e. The Labute approximate surface area is 336 Å². The summed E-state index contributed by atoms with van der Waals surface area (Å²) in [5.41, 5.74) is 3.42. The average molecular weight is 787 g/mol. The van der Waals surface area contributed by atoms with E-state index in [2.05, 4.69) is 76.7 Å². The molecule has 2 amide bonds. The normalized spacial score (nSPS) is 16.9. The van der Waals surface area contributed by atoms with E-state index in [0.717, 1.165) is 70.4 Å². The third-order valence-electron chi connectivity index (χ3n) is 12.1. The Morgan fingerprint density at radius 1 is 0.929 bits per heavy atom. The van der Waals surface area contributed by atoms with Gasteiger partial charge in [0, 0.05) is 64.1 Å². The predicted octanol–water partition coefficient (Wildman–Crippen LogP) is 7.52. The standard InChI is InChI=1S/C44H66N6O5Si/c1-9-11-21-48(22-12-10-2)42(52)39-31-49(23-15-20-47-26-24-46(6)25-27-47)40(45-39)37-19-18-34(43(53)54)29-38(37)41(51)50-30-35-17-14-13-16-33(35)28-36(50)32-55-56(7,8)44(3,4)5/h13-14,16-19,29,31,36H,9-12,15,20-28,30,32H2,1-8H3,(H,53,54). The fourth-order valence-corrected chi connectivity index (χ4v) is 8.36. The third-order valence-corrected chi connectivity index (χ3v) is 16.6. The van der Waals surface area contributed by atoms with Crippen LogP contribution in [0.3, 0.4) is 0 Å². The minimum Gasteiger partial charge on any atom is -0.478 e. The molecule has 1 saturated heterocycles. The fraction of sp³-hybridized carbons (Fsp3) is 0.591. The summed E-state index contributed by atoms with van der Waals surface area (Å²) in [6.07, 6.45) is 7.08. The zero-order valence-electron chi connectivity index (χ0n) is 35.3. The van der Waals surface area contributed by atoms with Crippen LogP contribution in [0.2, 0.25) is 18.1 Å². The Bertz CT molecular complexity index is 1800. The van der Waals surface area contributed by atoms with Crippen molar-refractivity contribution < 1.29 is 23.9 Å². The number of carboxylic acids is 1. The molecule has 3 aromatic rings. The van der Waals surface area contributed by atoms with Gasteiger partial charge in [-0.15, -0.1) is 0 Å². The number of aryl methyl sites for hydroxylation is 1. The summed E-state index contributed by atoms with van der Waals surface area (Å²) in [6, 6.07) is 12.7. The molecule has 0 radical (unpaired) electrons. The van der Waals surface area contributed by atoms with Gasteiger partial charge in [-0.2, -0.15) is 0 Å². The average Bonchev–Trinajstić information content (AvgIpc) is 3.60. The van der Waals surface area contributed by atoms with Crippen molar-refractivity contribution in [2.75, 3.05) is 59.5 Å².